The largest absolute Gasteiger partial charge is 0.434 e. The van der Waals surface area contributed by atoms with Crippen LogP contribution in [0.4, 0.5) is 16.2 Å². The minimum absolute atomic E-state index is 0. The first-order chi connectivity index (χ1) is 19.1. The number of ether oxygens (including phenoxy) is 1. The fraction of sp³-hybridized carbons (Fsp3) is 0.655. The highest BCUT2D eigenvalue weighted by atomic mass is 35.5. The summed E-state index contributed by atoms with van der Waals surface area (Å²) >= 11 is 0. The summed E-state index contributed by atoms with van der Waals surface area (Å²) in [6.45, 7) is 15.3. The fourth-order valence-corrected chi connectivity index (χ4v) is 6.13. The van der Waals surface area contributed by atoms with Crippen LogP contribution in [0.5, 0.6) is 11.6 Å². The molecule has 228 valence electrons. The van der Waals surface area contributed by atoms with Crippen LogP contribution in [0, 0.1) is 17.2 Å². The summed E-state index contributed by atoms with van der Waals surface area (Å²) in [5.74, 6) is 1.15. The summed E-state index contributed by atoms with van der Waals surface area (Å²) in [6.07, 6.45) is 3.21. The Balaban J connectivity index is 0.00000462. The molecule has 0 unspecified atom stereocenters. The molecular formula is C29H46ClFN8O2. The topological polar surface area (TPSA) is 113 Å². The molecule has 2 aliphatic heterocycles. The van der Waals surface area contributed by atoms with Crippen LogP contribution in [0.15, 0.2) is 18.2 Å². The lowest BCUT2D eigenvalue weighted by Crippen LogP contribution is -2.62. The predicted octanol–water partition coefficient (Wildman–Crippen LogP) is 4.41. The second kappa shape index (κ2) is 13.9. The van der Waals surface area contributed by atoms with E-state index in [-0.39, 0.29) is 47.0 Å². The highest BCUT2D eigenvalue weighted by Crippen LogP contribution is 2.45. The SMILES string of the molecule is CCN(C(=O)c1cc(F)ccc1Oc1nnc(NC)nc1N1CCC2(C1)CN([C@H](CCCN)C(C)C)C2)C(C)C.Cl. The summed E-state index contributed by atoms with van der Waals surface area (Å²) in [4.78, 5) is 24.5. The van der Waals surface area contributed by atoms with E-state index < -0.39 is 5.82 Å². The first-order valence-corrected chi connectivity index (χ1v) is 14.5. The summed E-state index contributed by atoms with van der Waals surface area (Å²) in [7, 11) is 1.74. The van der Waals surface area contributed by atoms with Gasteiger partial charge in [0.25, 0.3) is 11.8 Å². The molecule has 3 heterocycles. The van der Waals surface area contributed by atoms with Crippen LogP contribution in [-0.4, -0.2) is 89.3 Å². The third kappa shape index (κ3) is 7.18. The number of benzene rings is 1. The standard InChI is InChI=1S/C29H45FN8O2.ClH/c1-7-38(20(4)5)27(39)22-15-21(30)10-11-24(22)40-26-25(33-28(32-6)35-34-26)36-14-12-29(16-36)17-37(18-29)23(19(2)3)9-8-13-31;/h10-11,15,19-20,23H,7-9,12-14,16-18,31H2,1-6H3,(H,32,33,35);1H/t23-;/m1./s1. The Labute approximate surface area is 249 Å². The van der Waals surface area contributed by atoms with Crippen LogP contribution >= 0.6 is 12.4 Å². The summed E-state index contributed by atoms with van der Waals surface area (Å²) in [5.41, 5.74) is 6.13. The van der Waals surface area contributed by atoms with E-state index in [1.54, 1.807) is 11.9 Å². The van der Waals surface area contributed by atoms with E-state index in [1.807, 2.05) is 20.8 Å². The van der Waals surface area contributed by atoms with Gasteiger partial charge in [-0.1, -0.05) is 13.8 Å². The van der Waals surface area contributed by atoms with Crippen molar-refractivity contribution in [3.8, 4) is 11.6 Å². The molecular weight excluding hydrogens is 547 g/mol. The van der Waals surface area contributed by atoms with Gasteiger partial charge in [0, 0.05) is 57.3 Å². The lowest BCUT2D eigenvalue weighted by atomic mass is 9.76. The second-order valence-corrected chi connectivity index (χ2v) is 11.8. The number of hydrogen-bond donors (Lipinski definition) is 2. The van der Waals surface area contributed by atoms with Gasteiger partial charge in [0.05, 0.1) is 5.56 Å². The Morgan fingerprint density at radius 2 is 1.95 bits per heavy atom. The molecule has 10 nitrogen and oxygen atoms in total. The molecule has 41 heavy (non-hydrogen) atoms. The number of likely N-dealkylation sites (tertiary alicyclic amines) is 1. The normalized spacial score (nSPS) is 17.0. The van der Waals surface area contributed by atoms with Gasteiger partial charge in [-0.05, 0) is 70.7 Å². The van der Waals surface area contributed by atoms with Crippen LogP contribution in [0.1, 0.15) is 64.2 Å². The molecule has 2 saturated heterocycles. The van der Waals surface area contributed by atoms with Gasteiger partial charge in [-0.2, -0.15) is 4.98 Å². The molecule has 3 N–H and O–H groups in total. The third-order valence-corrected chi connectivity index (χ3v) is 8.22. The van der Waals surface area contributed by atoms with Gasteiger partial charge in [-0.3, -0.25) is 9.69 Å². The Kier molecular flexibility index (Phi) is 11.1. The van der Waals surface area contributed by atoms with Crippen LogP contribution < -0.4 is 20.7 Å². The lowest BCUT2D eigenvalue weighted by Gasteiger charge is -2.53. The van der Waals surface area contributed by atoms with Crippen molar-refractivity contribution in [2.45, 2.75) is 66.0 Å². The van der Waals surface area contributed by atoms with Crippen molar-refractivity contribution in [3.63, 3.8) is 0 Å². The minimum atomic E-state index is -0.507. The number of carbonyl (C=O) groups excluding carboxylic acids is 1. The molecule has 0 saturated carbocycles. The molecule has 1 aromatic carbocycles. The second-order valence-electron chi connectivity index (χ2n) is 11.8. The molecule has 2 aromatic rings. The van der Waals surface area contributed by atoms with E-state index in [9.17, 15) is 9.18 Å². The van der Waals surface area contributed by atoms with E-state index in [2.05, 4.69) is 39.2 Å². The molecule has 1 aromatic heterocycles. The van der Waals surface area contributed by atoms with Crippen LogP contribution in [0.3, 0.4) is 0 Å². The van der Waals surface area contributed by atoms with Gasteiger partial charge in [0.15, 0.2) is 5.82 Å². The molecule has 0 bridgehead atoms. The Hall–Kier alpha value is -2.76. The maximum atomic E-state index is 14.3. The smallest absolute Gasteiger partial charge is 0.282 e. The van der Waals surface area contributed by atoms with E-state index in [0.717, 1.165) is 52.0 Å². The number of amides is 1. The maximum Gasteiger partial charge on any atom is 0.282 e. The average molecular weight is 593 g/mol. The zero-order valence-electron chi connectivity index (χ0n) is 25.2. The maximum absolute atomic E-state index is 14.3. The highest BCUT2D eigenvalue weighted by Gasteiger charge is 2.50. The van der Waals surface area contributed by atoms with E-state index in [4.69, 9.17) is 15.5 Å². The van der Waals surface area contributed by atoms with Gasteiger partial charge in [-0.15, -0.1) is 22.6 Å². The number of rotatable bonds is 12. The van der Waals surface area contributed by atoms with Crippen LogP contribution in [0.2, 0.25) is 0 Å². The van der Waals surface area contributed by atoms with Crippen molar-refractivity contribution in [2.24, 2.45) is 17.1 Å². The minimum Gasteiger partial charge on any atom is -0.434 e. The molecule has 1 amide bonds. The number of carbonyl (C=O) groups is 1. The molecule has 1 atom stereocenters. The number of aromatic nitrogens is 3. The van der Waals surface area contributed by atoms with Crippen molar-refractivity contribution in [1.29, 1.82) is 0 Å². The van der Waals surface area contributed by atoms with Gasteiger partial charge >= 0.3 is 0 Å². The summed E-state index contributed by atoms with van der Waals surface area (Å²) in [6, 6.07) is 4.46. The van der Waals surface area contributed by atoms with Crippen molar-refractivity contribution < 1.29 is 13.9 Å². The molecule has 0 radical (unpaired) electrons. The molecule has 2 fully saturated rings. The zero-order chi connectivity index (χ0) is 29.0. The number of nitrogens with one attached hydrogen (secondary N) is 1. The Morgan fingerprint density at radius 3 is 2.56 bits per heavy atom. The quantitative estimate of drug-likeness (QED) is 0.370. The zero-order valence-corrected chi connectivity index (χ0v) is 26.0. The van der Waals surface area contributed by atoms with Crippen molar-refractivity contribution in [3.05, 3.63) is 29.6 Å². The van der Waals surface area contributed by atoms with Gasteiger partial charge in [0.1, 0.15) is 11.6 Å². The molecule has 4 rings (SSSR count). The number of hydrogen-bond acceptors (Lipinski definition) is 9. The van der Waals surface area contributed by atoms with Crippen molar-refractivity contribution in [1.82, 2.24) is 25.0 Å². The van der Waals surface area contributed by atoms with Crippen molar-refractivity contribution >= 4 is 30.1 Å². The number of nitrogens with zero attached hydrogens (tertiary/aromatic N) is 6. The Morgan fingerprint density at radius 1 is 1.22 bits per heavy atom. The van der Waals surface area contributed by atoms with Crippen molar-refractivity contribution in [2.75, 3.05) is 56.5 Å². The molecule has 1 spiro atoms. The summed E-state index contributed by atoms with van der Waals surface area (Å²) in [5, 5.41) is 11.4. The molecule has 12 heteroatoms. The fourth-order valence-electron chi connectivity index (χ4n) is 6.13. The van der Waals surface area contributed by atoms with E-state index >= 15 is 0 Å². The monoisotopic (exact) mass is 592 g/mol. The van der Waals surface area contributed by atoms with E-state index in [0.29, 0.717) is 30.3 Å². The van der Waals surface area contributed by atoms with Gasteiger partial charge in [0.2, 0.25) is 5.95 Å². The Bertz CT molecular complexity index is 1180. The number of nitrogens with two attached hydrogens (primary N) is 1. The average Bonchev–Trinajstić information content (AvgIpc) is 3.35. The number of halogens is 2. The predicted molar refractivity (Wildman–Crippen MR) is 163 cm³/mol. The first kappa shape index (κ1) is 32.8. The third-order valence-electron chi connectivity index (χ3n) is 8.22. The number of anilines is 2. The molecule has 0 aliphatic carbocycles. The lowest BCUT2D eigenvalue weighted by molar-refractivity contribution is -0.0337. The first-order valence-electron chi connectivity index (χ1n) is 14.5. The van der Waals surface area contributed by atoms with Gasteiger partial charge < -0.3 is 25.6 Å². The van der Waals surface area contributed by atoms with Crippen LogP contribution in [0.25, 0.3) is 0 Å². The highest BCUT2D eigenvalue weighted by molar-refractivity contribution is 5.97. The molecule has 2 aliphatic rings. The van der Waals surface area contributed by atoms with E-state index in [1.165, 1.54) is 18.2 Å². The summed E-state index contributed by atoms with van der Waals surface area (Å²) < 4.78 is 20.5. The van der Waals surface area contributed by atoms with Crippen LogP contribution in [-0.2, 0) is 0 Å². The van der Waals surface area contributed by atoms with Gasteiger partial charge in [-0.25, -0.2) is 4.39 Å².